The van der Waals surface area contributed by atoms with E-state index in [1.165, 1.54) is 6.07 Å². The van der Waals surface area contributed by atoms with Crippen molar-refractivity contribution < 1.29 is 4.39 Å². The fourth-order valence-electron chi connectivity index (χ4n) is 4.20. The van der Waals surface area contributed by atoms with Crippen LogP contribution in [-0.2, 0) is 0 Å². The highest BCUT2D eigenvalue weighted by atomic mass is 35.5. The van der Waals surface area contributed by atoms with Crippen molar-refractivity contribution in [2.75, 3.05) is 23.3 Å². The van der Waals surface area contributed by atoms with Crippen LogP contribution >= 0.6 is 11.6 Å². The lowest BCUT2D eigenvalue weighted by Gasteiger charge is -2.37. The minimum Gasteiger partial charge on any atom is -0.368 e. The molecule has 8 heteroatoms. The number of benzene rings is 2. The van der Waals surface area contributed by atoms with Crippen LogP contribution < -0.4 is 15.5 Å². The molecule has 4 aromatic rings. The van der Waals surface area contributed by atoms with Crippen LogP contribution in [0.1, 0.15) is 13.8 Å². The topological polar surface area (TPSA) is 57.5 Å². The standard InChI is InChI=1S/C22H22ClFN6/c1-13-10-29(11-14(2)26-13)15-6-7-18-19(8-15)30-12-25-9-20(30)22(27-18)28-21-16(23)4-3-5-17(21)24/h3-9,12-14,26H,10-11H2,1-2H3,(H,27,28). The first-order chi connectivity index (χ1) is 14.5. The molecule has 154 valence electrons. The Balaban J connectivity index is 1.59. The molecule has 0 saturated carbocycles. The summed E-state index contributed by atoms with van der Waals surface area (Å²) in [6, 6.07) is 11.7. The summed E-state index contributed by atoms with van der Waals surface area (Å²) < 4.78 is 16.3. The van der Waals surface area contributed by atoms with Crippen LogP contribution in [0.2, 0.25) is 5.02 Å². The first kappa shape index (κ1) is 19.1. The van der Waals surface area contributed by atoms with E-state index in [9.17, 15) is 4.39 Å². The van der Waals surface area contributed by atoms with Gasteiger partial charge in [-0.25, -0.2) is 14.4 Å². The number of aromatic nitrogens is 3. The molecule has 2 atom stereocenters. The summed E-state index contributed by atoms with van der Waals surface area (Å²) in [7, 11) is 0. The number of fused-ring (bicyclic) bond motifs is 3. The Morgan fingerprint density at radius 3 is 2.70 bits per heavy atom. The summed E-state index contributed by atoms with van der Waals surface area (Å²) in [5.74, 6) is 0.0727. The molecule has 0 radical (unpaired) electrons. The van der Waals surface area contributed by atoms with Crippen LogP contribution in [0, 0.1) is 5.82 Å². The van der Waals surface area contributed by atoms with Crippen LogP contribution in [0.3, 0.4) is 0 Å². The molecule has 2 N–H and O–H groups in total. The highest BCUT2D eigenvalue weighted by Crippen LogP contribution is 2.31. The lowest BCUT2D eigenvalue weighted by molar-refractivity contribution is 0.407. The predicted molar refractivity (Wildman–Crippen MR) is 119 cm³/mol. The van der Waals surface area contributed by atoms with Gasteiger partial charge in [-0.2, -0.15) is 0 Å². The summed E-state index contributed by atoms with van der Waals surface area (Å²) in [6.07, 6.45) is 3.46. The number of halogens is 2. The van der Waals surface area contributed by atoms with Gasteiger partial charge in [-0.05, 0) is 44.2 Å². The van der Waals surface area contributed by atoms with Crippen LogP contribution in [0.4, 0.5) is 21.6 Å². The monoisotopic (exact) mass is 424 g/mol. The maximum atomic E-state index is 14.3. The average molecular weight is 425 g/mol. The van der Waals surface area contributed by atoms with Crippen molar-refractivity contribution in [3.63, 3.8) is 0 Å². The summed E-state index contributed by atoms with van der Waals surface area (Å²) >= 11 is 6.19. The molecule has 1 aliphatic rings. The molecule has 3 heterocycles. The van der Waals surface area contributed by atoms with Crippen molar-refractivity contribution in [2.45, 2.75) is 25.9 Å². The Morgan fingerprint density at radius 1 is 1.13 bits per heavy atom. The lowest BCUT2D eigenvalue weighted by atomic mass is 10.1. The second-order valence-corrected chi connectivity index (χ2v) is 8.28. The van der Waals surface area contributed by atoms with Gasteiger partial charge in [0.1, 0.15) is 11.3 Å². The fourth-order valence-corrected chi connectivity index (χ4v) is 4.41. The second kappa shape index (κ2) is 7.41. The molecule has 5 rings (SSSR count). The van der Waals surface area contributed by atoms with Gasteiger partial charge in [0.05, 0.1) is 34.3 Å². The minimum absolute atomic E-state index is 0.203. The molecule has 1 aliphatic heterocycles. The summed E-state index contributed by atoms with van der Waals surface area (Å²) in [6.45, 7) is 6.29. The molecule has 0 aliphatic carbocycles. The molecular weight excluding hydrogens is 403 g/mol. The number of rotatable bonds is 3. The van der Waals surface area contributed by atoms with Gasteiger partial charge in [0.2, 0.25) is 0 Å². The summed E-state index contributed by atoms with van der Waals surface area (Å²) in [5.41, 5.74) is 3.84. The van der Waals surface area contributed by atoms with Gasteiger partial charge in [0.25, 0.3) is 0 Å². The van der Waals surface area contributed by atoms with Gasteiger partial charge < -0.3 is 15.5 Å². The first-order valence-electron chi connectivity index (χ1n) is 9.97. The molecule has 2 aromatic heterocycles. The second-order valence-electron chi connectivity index (χ2n) is 7.88. The molecule has 1 saturated heterocycles. The molecule has 2 aromatic carbocycles. The van der Waals surface area contributed by atoms with Crippen molar-refractivity contribution >= 4 is 45.3 Å². The van der Waals surface area contributed by atoms with Crippen LogP contribution in [-0.4, -0.2) is 39.5 Å². The molecule has 2 unspecified atom stereocenters. The zero-order valence-corrected chi connectivity index (χ0v) is 17.5. The van der Waals surface area contributed by atoms with E-state index in [1.54, 1.807) is 24.7 Å². The van der Waals surface area contributed by atoms with E-state index in [2.05, 4.69) is 46.5 Å². The van der Waals surface area contributed by atoms with Crippen LogP contribution in [0.25, 0.3) is 16.6 Å². The molecule has 30 heavy (non-hydrogen) atoms. The quantitative estimate of drug-likeness (QED) is 0.503. The highest BCUT2D eigenvalue weighted by Gasteiger charge is 2.22. The zero-order chi connectivity index (χ0) is 20.8. The van der Waals surface area contributed by atoms with Crippen LogP contribution in [0.15, 0.2) is 48.9 Å². The number of imidazole rings is 1. The lowest BCUT2D eigenvalue weighted by Crippen LogP contribution is -2.54. The third-order valence-corrected chi connectivity index (χ3v) is 5.78. The average Bonchev–Trinajstić information content (AvgIpc) is 3.20. The molecular formula is C22H22ClFN6. The number of anilines is 3. The van der Waals surface area contributed by atoms with Gasteiger partial charge >= 0.3 is 0 Å². The molecule has 6 nitrogen and oxygen atoms in total. The maximum Gasteiger partial charge on any atom is 0.157 e. The molecule has 0 bridgehead atoms. The predicted octanol–water partition coefficient (Wildman–Crippen LogP) is 4.61. The van der Waals surface area contributed by atoms with Gasteiger partial charge in [-0.1, -0.05) is 17.7 Å². The normalized spacial score (nSPS) is 19.5. The van der Waals surface area contributed by atoms with Crippen molar-refractivity contribution in [3.8, 4) is 0 Å². The van der Waals surface area contributed by atoms with E-state index in [4.69, 9.17) is 16.6 Å². The summed E-state index contributed by atoms with van der Waals surface area (Å²) in [4.78, 5) is 11.4. The van der Waals surface area contributed by atoms with E-state index >= 15 is 0 Å². The number of nitrogens with one attached hydrogen (secondary N) is 2. The number of piperazine rings is 1. The Hall–Kier alpha value is -2.90. The van der Waals surface area contributed by atoms with Crippen molar-refractivity contribution in [1.82, 2.24) is 19.7 Å². The Morgan fingerprint density at radius 2 is 1.93 bits per heavy atom. The minimum atomic E-state index is -0.431. The fraction of sp³-hybridized carbons (Fsp3) is 0.273. The van der Waals surface area contributed by atoms with E-state index in [1.807, 2.05) is 10.5 Å². The maximum absolute atomic E-state index is 14.3. The van der Waals surface area contributed by atoms with Crippen molar-refractivity contribution in [2.24, 2.45) is 0 Å². The summed E-state index contributed by atoms with van der Waals surface area (Å²) in [5, 5.41) is 6.91. The molecule has 0 amide bonds. The Bertz CT molecular complexity index is 1210. The number of nitrogens with zero attached hydrogens (tertiary/aromatic N) is 4. The Kier molecular flexibility index (Phi) is 4.72. The van der Waals surface area contributed by atoms with E-state index in [-0.39, 0.29) is 5.69 Å². The third-order valence-electron chi connectivity index (χ3n) is 5.46. The Labute approximate surface area is 178 Å². The largest absolute Gasteiger partial charge is 0.368 e. The smallest absolute Gasteiger partial charge is 0.157 e. The molecule has 1 fully saturated rings. The van der Waals surface area contributed by atoms with E-state index in [0.717, 1.165) is 35.3 Å². The van der Waals surface area contributed by atoms with Gasteiger partial charge in [-0.15, -0.1) is 0 Å². The van der Waals surface area contributed by atoms with Gasteiger partial charge in [-0.3, -0.25) is 4.40 Å². The highest BCUT2D eigenvalue weighted by molar-refractivity contribution is 6.33. The number of para-hydroxylation sites is 1. The SMILES string of the molecule is CC1CN(c2ccc3nc(Nc4c(F)cccc4Cl)c4cncn4c3c2)CC(C)N1. The zero-order valence-electron chi connectivity index (χ0n) is 16.7. The number of hydrogen-bond acceptors (Lipinski definition) is 5. The third kappa shape index (κ3) is 3.34. The number of hydrogen-bond donors (Lipinski definition) is 2. The van der Waals surface area contributed by atoms with E-state index in [0.29, 0.717) is 22.9 Å². The van der Waals surface area contributed by atoms with Gasteiger partial charge in [0.15, 0.2) is 5.82 Å². The first-order valence-corrected chi connectivity index (χ1v) is 10.4. The van der Waals surface area contributed by atoms with Crippen LogP contribution in [0.5, 0.6) is 0 Å². The van der Waals surface area contributed by atoms with Crippen molar-refractivity contribution in [1.29, 1.82) is 0 Å². The van der Waals surface area contributed by atoms with E-state index < -0.39 is 5.82 Å². The van der Waals surface area contributed by atoms with Gasteiger partial charge in [0, 0.05) is 30.9 Å². The van der Waals surface area contributed by atoms with Crippen molar-refractivity contribution in [3.05, 3.63) is 59.8 Å². The molecule has 0 spiro atoms.